The van der Waals surface area contributed by atoms with E-state index in [1.54, 1.807) is 0 Å². The zero-order chi connectivity index (χ0) is 15.1. The van der Waals surface area contributed by atoms with Crippen LogP contribution in [0.3, 0.4) is 0 Å². The predicted octanol–water partition coefficient (Wildman–Crippen LogP) is 1.48. The third-order valence-corrected chi connectivity index (χ3v) is 4.62. The van der Waals surface area contributed by atoms with Gasteiger partial charge in [-0.05, 0) is 37.2 Å². The molecule has 0 aromatic carbocycles. The highest BCUT2D eigenvalue weighted by atomic mass is 16.6. The number of fused-ring (bicyclic) bond motifs is 2. The zero-order valence-electron chi connectivity index (χ0n) is 11.2. The van der Waals surface area contributed by atoms with E-state index in [-0.39, 0.29) is 23.5 Å². The number of nitrogens with one attached hydrogen (secondary N) is 1. The first-order valence-electron chi connectivity index (χ1n) is 6.87. The van der Waals surface area contributed by atoms with Gasteiger partial charge in [0.05, 0.1) is 10.8 Å². The number of hydrogen-bond donors (Lipinski definition) is 3. The molecule has 2 bridgehead atoms. The molecular formula is C13H16N4O4. The summed E-state index contributed by atoms with van der Waals surface area (Å²) in [5.74, 6) is -0.479. The molecule has 1 aromatic rings. The summed E-state index contributed by atoms with van der Waals surface area (Å²) < 4.78 is 0. The normalized spacial score (nSPS) is 30.3. The van der Waals surface area contributed by atoms with Crippen molar-refractivity contribution in [2.75, 3.05) is 11.1 Å². The van der Waals surface area contributed by atoms with Crippen molar-refractivity contribution < 1.29 is 14.8 Å². The smallest absolute Gasteiger partial charge is 0.311 e. The van der Waals surface area contributed by atoms with E-state index in [1.165, 1.54) is 12.1 Å². The number of hydrogen-bond acceptors (Lipinski definition) is 6. The Hall–Kier alpha value is -2.38. The lowest BCUT2D eigenvalue weighted by Gasteiger charge is -2.29. The molecule has 4 atom stereocenters. The van der Waals surface area contributed by atoms with Crippen LogP contribution in [-0.4, -0.2) is 27.0 Å². The highest BCUT2D eigenvalue weighted by Gasteiger charge is 2.51. The fourth-order valence-corrected chi connectivity index (χ4v) is 3.73. The molecule has 0 saturated heterocycles. The molecule has 2 fully saturated rings. The maximum atomic E-state index is 11.4. The Balaban J connectivity index is 1.81. The van der Waals surface area contributed by atoms with Gasteiger partial charge in [-0.1, -0.05) is 0 Å². The van der Waals surface area contributed by atoms with Gasteiger partial charge in [-0.15, -0.1) is 0 Å². The Kier molecular flexibility index (Phi) is 3.15. The molecule has 0 amide bonds. The Labute approximate surface area is 120 Å². The van der Waals surface area contributed by atoms with Crippen molar-refractivity contribution in [2.24, 2.45) is 17.8 Å². The van der Waals surface area contributed by atoms with Crippen molar-refractivity contribution in [1.29, 1.82) is 0 Å². The molecule has 2 aliphatic rings. The number of aromatic nitrogens is 1. The van der Waals surface area contributed by atoms with Crippen molar-refractivity contribution in [2.45, 2.75) is 25.3 Å². The summed E-state index contributed by atoms with van der Waals surface area (Å²) >= 11 is 0. The number of rotatable bonds is 4. The maximum Gasteiger partial charge on any atom is 0.311 e. The molecule has 0 spiro atoms. The minimum atomic E-state index is -0.797. The Morgan fingerprint density at radius 1 is 1.43 bits per heavy atom. The average Bonchev–Trinajstić information content (AvgIpc) is 2.98. The second kappa shape index (κ2) is 4.87. The Morgan fingerprint density at radius 2 is 2.14 bits per heavy atom. The zero-order valence-corrected chi connectivity index (χ0v) is 11.2. The Morgan fingerprint density at radius 3 is 2.76 bits per heavy atom. The number of nitrogens with two attached hydrogens (primary N) is 1. The number of nitrogen functional groups attached to an aromatic ring is 1. The molecule has 4 N–H and O–H groups in total. The monoisotopic (exact) mass is 292 g/mol. The van der Waals surface area contributed by atoms with Gasteiger partial charge in [0.25, 0.3) is 0 Å². The van der Waals surface area contributed by atoms with E-state index >= 15 is 0 Å². The van der Waals surface area contributed by atoms with Gasteiger partial charge < -0.3 is 16.2 Å². The molecule has 2 saturated carbocycles. The van der Waals surface area contributed by atoms with Crippen LogP contribution in [0.2, 0.25) is 0 Å². The lowest BCUT2D eigenvalue weighted by molar-refractivity contribution is -0.384. The van der Waals surface area contributed by atoms with E-state index in [0.29, 0.717) is 11.7 Å². The number of nitro groups is 1. The second-order valence-electron chi connectivity index (χ2n) is 5.73. The maximum absolute atomic E-state index is 11.4. The quantitative estimate of drug-likeness (QED) is 0.565. The van der Waals surface area contributed by atoms with Crippen LogP contribution in [0.4, 0.5) is 17.3 Å². The summed E-state index contributed by atoms with van der Waals surface area (Å²) in [7, 11) is 0. The van der Waals surface area contributed by atoms with E-state index in [0.717, 1.165) is 19.3 Å². The topological polar surface area (TPSA) is 131 Å². The van der Waals surface area contributed by atoms with Gasteiger partial charge in [0.2, 0.25) is 5.82 Å². The van der Waals surface area contributed by atoms with E-state index in [2.05, 4.69) is 10.3 Å². The average molecular weight is 292 g/mol. The van der Waals surface area contributed by atoms with Gasteiger partial charge in [-0.25, -0.2) is 4.98 Å². The first-order chi connectivity index (χ1) is 9.97. The summed E-state index contributed by atoms with van der Waals surface area (Å²) in [6, 6.07) is 2.57. The first-order valence-corrected chi connectivity index (χ1v) is 6.87. The van der Waals surface area contributed by atoms with Gasteiger partial charge in [-0.2, -0.15) is 0 Å². The van der Waals surface area contributed by atoms with Crippen molar-refractivity contribution >= 4 is 23.3 Å². The summed E-state index contributed by atoms with van der Waals surface area (Å²) in [5, 5.41) is 23.2. The van der Waals surface area contributed by atoms with Crippen LogP contribution in [0.25, 0.3) is 0 Å². The van der Waals surface area contributed by atoms with E-state index < -0.39 is 16.8 Å². The number of aliphatic carboxylic acids is 1. The van der Waals surface area contributed by atoms with Crippen LogP contribution in [0, 0.1) is 27.9 Å². The number of pyridine rings is 1. The molecule has 1 aromatic heterocycles. The lowest BCUT2D eigenvalue weighted by atomic mass is 9.84. The first kappa shape index (κ1) is 13.6. The van der Waals surface area contributed by atoms with Gasteiger partial charge in [0.1, 0.15) is 5.82 Å². The van der Waals surface area contributed by atoms with Gasteiger partial charge in [0, 0.05) is 12.1 Å². The van der Waals surface area contributed by atoms with Crippen molar-refractivity contribution in [1.82, 2.24) is 4.98 Å². The van der Waals surface area contributed by atoms with Crippen LogP contribution in [-0.2, 0) is 4.79 Å². The molecule has 4 unspecified atom stereocenters. The standard InChI is InChI=1S/C13H16N4O4/c14-12-8(17(20)21)3-4-9(16-12)15-11-7-2-1-6(5-7)10(11)13(18)19/h3-4,6-7,10-11H,1-2,5H2,(H,18,19)(H3,14,15,16). The molecule has 1 heterocycles. The number of nitrogens with zero attached hydrogens (tertiary/aromatic N) is 2. The summed E-state index contributed by atoms with van der Waals surface area (Å²) in [6.07, 6.45) is 2.88. The lowest BCUT2D eigenvalue weighted by Crippen LogP contribution is -2.39. The molecule has 8 heteroatoms. The molecule has 3 rings (SSSR count). The number of carboxylic acid groups (broad SMARTS) is 1. The van der Waals surface area contributed by atoms with Crippen LogP contribution < -0.4 is 11.1 Å². The van der Waals surface area contributed by atoms with E-state index in [9.17, 15) is 20.0 Å². The molecule has 8 nitrogen and oxygen atoms in total. The molecule has 2 aliphatic carbocycles. The van der Waals surface area contributed by atoms with Gasteiger partial charge in [-0.3, -0.25) is 14.9 Å². The van der Waals surface area contributed by atoms with Crippen molar-refractivity contribution in [3.8, 4) is 0 Å². The van der Waals surface area contributed by atoms with Crippen LogP contribution >= 0.6 is 0 Å². The molecule has 112 valence electrons. The van der Waals surface area contributed by atoms with Gasteiger partial charge in [0.15, 0.2) is 0 Å². The summed E-state index contributed by atoms with van der Waals surface area (Å²) in [6.45, 7) is 0. The number of carbonyl (C=O) groups is 1. The van der Waals surface area contributed by atoms with E-state index in [4.69, 9.17) is 5.73 Å². The molecule has 21 heavy (non-hydrogen) atoms. The minimum Gasteiger partial charge on any atom is -0.481 e. The summed E-state index contributed by atoms with van der Waals surface area (Å²) in [5.41, 5.74) is 5.31. The molecule has 0 aliphatic heterocycles. The SMILES string of the molecule is Nc1nc(NC2C3CCC(C3)C2C(=O)O)ccc1[N+](=O)[O-]. The minimum absolute atomic E-state index is 0.167. The largest absolute Gasteiger partial charge is 0.481 e. The predicted molar refractivity (Wildman–Crippen MR) is 74.7 cm³/mol. The highest BCUT2D eigenvalue weighted by Crippen LogP contribution is 2.49. The summed E-state index contributed by atoms with van der Waals surface area (Å²) in [4.78, 5) is 25.5. The van der Waals surface area contributed by atoms with Crippen LogP contribution in [0.5, 0.6) is 0 Å². The number of anilines is 2. The fraction of sp³-hybridized carbons (Fsp3) is 0.538. The van der Waals surface area contributed by atoms with Crippen molar-refractivity contribution in [3.05, 3.63) is 22.2 Å². The Bertz CT molecular complexity index is 606. The highest BCUT2D eigenvalue weighted by molar-refractivity contribution is 5.73. The van der Waals surface area contributed by atoms with Crippen LogP contribution in [0.1, 0.15) is 19.3 Å². The fourth-order valence-electron chi connectivity index (χ4n) is 3.73. The third kappa shape index (κ3) is 2.26. The second-order valence-corrected chi connectivity index (χ2v) is 5.73. The van der Waals surface area contributed by atoms with Crippen molar-refractivity contribution in [3.63, 3.8) is 0 Å². The number of carboxylic acids is 1. The van der Waals surface area contributed by atoms with E-state index in [1.807, 2.05) is 0 Å². The molecular weight excluding hydrogens is 276 g/mol. The molecule has 0 radical (unpaired) electrons. The van der Waals surface area contributed by atoms with Gasteiger partial charge >= 0.3 is 11.7 Å². The third-order valence-electron chi connectivity index (χ3n) is 4.62. The van der Waals surface area contributed by atoms with Crippen LogP contribution in [0.15, 0.2) is 12.1 Å².